The van der Waals surface area contributed by atoms with Gasteiger partial charge in [-0.15, -0.1) is 0 Å². The second-order valence-corrected chi connectivity index (χ2v) is 11.4. The zero-order valence-corrected chi connectivity index (χ0v) is 18.4. The first-order valence-corrected chi connectivity index (χ1v) is 12.2. The van der Waals surface area contributed by atoms with Crippen molar-refractivity contribution in [3.8, 4) is 0 Å². The molecule has 0 saturated carbocycles. The summed E-state index contributed by atoms with van der Waals surface area (Å²) in [7, 11) is -7.44. The van der Waals surface area contributed by atoms with Crippen molar-refractivity contribution in [3.05, 3.63) is 57.5 Å². The molecule has 146 valence electrons. The van der Waals surface area contributed by atoms with Crippen molar-refractivity contribution in [2.24, 2.45) is 0 Å². The fourth-order valence-electron chi connectivity index (χ4n) is 2.83. The van der Waals surface area contributed by atoms with Crippen LogP contribution in [0.25, 0.3) is 0 Å². The van der Waals surface area contributed by atoms with E-state index in [9.17, 15) is 16.8 Å². The van der Waals surface area contributed by atoms with E-state index in [2.05, 4.69) is 15.9 Å². The van der Waals surface area contributed by atoms with Gasteiger partial charge in [0.05, 0.1) is 9.92 Å². The summed E-state index contributed by atoms with van der Waals surface area (Å²) in [5, 5.41) is 0.124. The summed E-state index contributed by atoms with van der Waals surface area (Å²) < 4.78 is 54.4. The van der Waals surface area contributed by atoms with E-state index in [-0.39, 0.29) is 41.0 Å². The zero-order chi connectivity index (χ0) is 19.8. The summed E-state index contributed by atoms with van der Waals surface area (Å²) in [6.07, 6.45) is 0. The van der Waals surface area contributed by atoms with Crippen LogP contribution in [0.5, 0.6) is 0 Å². The van der Waals surface area contributed by atoms with Gasteiger partial charge in [-0.25, -0.2) is 16.8 Å². The molecule has 0 bridgehead atoms. The number of hydrogen-bond donors (Lipinski definition) is 0. The van der Waals surface area contributed by atoms with Crippen LogP contribution in [0.15, 0.2) is 56.7 Å². The maximum Gasteiger partial charge on any atom is 0.244 e. The Labute approximate surface area is 173 Å². The maximum atomic E-state index is 12.8. The van der Waals surface area contributed by atoms with Crippen molar-refractivity contribution in [1.29, 1.82) is 0 Å². The third kappa shape index (κ3) is 4.23. The third-order valence-electron chi connectivity index (χ3n) is 4.37. The van der Waals surface area contributed by atoms with Crippen LogP contribution in [0.2, 0.25) is 5.02 Å². The van der Waals surface area contributed by atoms with E-state index < -0.39 is 20.0 Å². The molecule has 1 aliphatic rings. The summed E-state index contributed by atoms with van der Waals surface area (Å²) in [6, 6.07) is 11.2. The smallest absolute Gasteiger partial charge is 0.207 e. The first-order chi connectivity index (χ1) is 12.6. The van der Waals surface area contributed by atoms with Gasteiger partial charge in [-0.2, -0.15) is 8.61 Å². The minimum atomic E-state index is -3.79. The lowest BCUT2D eigenvalue weighted by molar-refractivity contribution is 0.273. The summed E-state index contributed by atoms with van der Waals surface area (Å²) >= 11 is 9.33. The lowest BCUT2D eigenvalue weighted by Crippen LogP contribution is -2.50. The number of rotatable bonds is 4. The summed E-state index contributed by atoms with van der Waals surface area (Å²) in [5.41, 5.74) is 0.969. The molecule has 0 aliphatic carbocycles. The molecule has 10 heteroatoms. The number of piperazine rings is 1. The van der Waals surface area contributed by atoms with Gasteiger partial charge in [0.2, 0.25) is 20.0 Å². The second-order valence-electron chi connectivity index (χ2n) is 6.20. The van der Waals surface area contributed by atoms with Crippen molar-refractivity contribution in [3.63, 3.8) is 0 Å². The van der Waals surface area contributed by atoms with Gasteiger partial charge < -0.3 is 0 Å². The highest BCUT2D eigenvalue weighted by Gasteiger charge is 2.34. The van der Waals surface area contributed by atoms with Crippen molar-refractivity contribution >= 4 is 47.6 Å². The van der Waals surface area contributed by atoms with E-state index in [1.165, 1.54) is 20.7 Å². The van der Waals surface area contributed by atoms with E-state index in [0.29, 0.717) is 4.47 Å². The molecule has 0 atom stereocenters. The molecule has 1 aliphatic heterocycles. The third-order valence-corrected chi connectivity index (χ3v) is 9.16. The predicted molar refractivity (Wildman–Crippen MR) is 108 cm³/mol. The number of benzene rings is 2. The first kappa shape index (κ1) is 20.8. The first-order valence-electron chi connectivity index (χ1n) is 8.14. The molecule has 0 aromatic heterocycles. The Hall–Kier alpha value is -0.970. The minimum Gasteiger partial charge on any atom is -0.207 e. The number of nitrogens with zero attached hydrogens (tertiary/aromatic N) is 2. The molecule has 2 aromatic carbocycles. The molecule has 1 heterocycles. The van der Waals surface area contributed by atoms with E-state index in [1.54, 1.807) is 30.3 Å². The highest BCUT2D eigenvalue weighted by atomic mass is 79.9. The van der Waals surface area contributed by atoms with Crippen LogP contribution < -0.4 is 0 Å². The number of aryl methyl sites for hydroxylation is 1. The van der Waals surface area contributed by atoms with Gasteiger partial charge in [-0.1, -0.05) is 45.2 Å². The topological polar surface area (TPSA) is 74.8 Å². The average molecular weight is 494 g/mol. The number of sulfonamides is 2. The van der Waals surface area contributed by atoms with Crippen molar-refractivity contribution in [2.75, 3.05) is 26.2 Å². The highest BCUT2D eigenvalue weighted by molar-refractivity contribution is 9.10. The Morgan fingerprint density at radius 2 is 1.37 bits per heavy atom. The van der Waals surface area contributed by atoms with Gasteiger partial charge in [-0.05, 0) is 37.3 Å². The lowest BCUT2D eigenvalue weighted by Gasteiger charge is -2.33. The summed E-state index contributed by atoms with van der Waals surface area (Å²) in [5.74, 6) is 0. The Balaban J connectivity index is 1.77. The fraction of sp³-hybridized carbons (Fsp3) is 0.294. The molecule has 0 amide bonds. The average Bonchev–Trinajstić information content (AvgIpc) is 2.62. The van der Waals surface area contributed by atoms with Gasteiger partial charge in [-0.3, -0.25) is 0 Å². The molecular weight excluding hydrogens is 476 g/mol. The molecule has 0 unspecified atom stereocenters. The zero-order valence-electron chi connectivity index (χ0n) is 14.5. The normalized spacial score (nSPS) is 17.1. The molecule has 27 heavy (non-hydrogen) atoms. The van der Waals surface area contributed by atoms with Gasteiger partial charge in [0, 0.05) is 30.7 Å². The SMILES string of the molecule is Cc1ccc(S(=O)(=O)N2CCN(S(=O)(=O)c3ccc(Br)cc3Cl)CC2)cc1. The number of halogens is 2. The fourth-order valence-corrected chi connectivity index (χ4v) is 6.69. The van der Waals surface area contributed by atoms with E-state index in [1.807, 2.05) is 6.92 Å². The standard InChI is InChI=1S/C17H18BrClN2O4S2/c1-13-2-5-15(6-3-13)26(22,23)20-8-10-21(11-9-20)27(24,25)17-7-4-14(18)12-16(17)19/h2-7,12H,8-11H2,1H3. The maximum absolute atomic E-state index is 12.8. The molecule has 0 radical (unpaired) electrons. The van der Waals surface area contributed by atoms with Gasteiger partial charge in [0.1, 0.15) is 4.90 Å². The molecule has 1 saturated heterocycles. The van der Waals surface area contributed by atoms with Crippen LogP contribution in [0.4, 0.5) is 0 Å². The van der Waals surface area contributed by atoms with Gasteiger partial charge >= 0.3 is 0 Å². The highest BCUT2D eigenvalue weighted by Crippen LogP contribution is 2.29. The van der Waals surface area contributed by atoms with Crippen molar-refractivity contribution in [1.82, 2.24) is 8.61 Å². The molecule has 0 spiro atoms. The minimum absolute atomic E-state index is 0.0159. The lowest BCUT2D eigenvalue weighted by atomic mass is 10.2. The van der Waals surface area contributed by atoms with Crippen molar-refractivity contribution in [2.45, 2.75) is 16.7 Å². The van der Waals surface area contributed by atoms with Crippen LogP contribution in [-0.2, 0) is 20.0 Å². The van der Waals surface area contributed by atoms with E-state index in [4.69, 9.17) is 11.6 Å². The van der Waals surface area contributed by atoms with Gasteiger partial charge in [0.15, 0.2) is 0 Å². The van der Waals surface area contributed by atoms with Crippen LogP contribution in [0.1, 0.15) is 5.56 Å². The molecule has 2 aromatic rings. The van der Waals surface area contributed by atoms with E-state index >= 15 is 0 Å². The second kappa shape index (κ2) is 7.81. The van der Waals surface area contributed by atoms with Gasteiger partial charge in [0.25, 0.3) is 0 Å². The molecule has 1 fully saturated rings. The molecule has 3 rings (SSSR count). The van der Waals surface area contributed by atoms with Crippen LogP contribution in [0, 0.1) is 6.92 Å². The quantitative estimate of drug-likeness (QED) is 0.656. The molecular formula is C17H18BrClN2O4S2. The van der Waals surface area contributed by atoms with E-state index in [0.717, 1.165) is 5.56 Å². The van der Waals surface area contributed by atoms with Crippen molar-refractivity contribution < 1.29 is 16.8 Å². The van der Waals surface area contributed by atoms with Crippen LogP contribution in [-0.4, -0.2) is 51.6 Å². The Kier molecular flexibility index (Phi) is 6.00. The number of hydrogen-bond acceptors (Lipinski definition) is 4. The Bertz CT molecular complexity index is 1050. The largest absolute Gasteiger partial charge is 0.244 e. The summed E-state index contributed by atoms with van der Waals surface area (Å²) in [4.78, 5) is 0.225. The summed E-state index contributed by atoms with van der Waals surface area (Å²) in [6.45, 7) is 2.19. The van der Waals surface area contributed by atoms with Crippen LogP contribution >= 0.6 is 27.5 Å². The molecule has 0 N–H and O–H groups in total. The monoisotopic (exact) mass is 492 g/mol. The Morgan fingerprint density at radius 1 is 0.852 bits per heavy atom. The Morgan fingerprint density at radius 3 is 1.89 bits per heavy atom. The molecule has 6 nitrogen and oxygen atoms in total. The van der Waals surface area contributed by atoms with Crippen LogP contribution in [0.3, 0.4) is 0 Å². The predicted octanol–water partition coefficient (Wildman–Crippen LogP) is 3.11.